The smallest absolute Gasteiger partial charge is 0.744 e. The molecule has 0 saturated carbocycles. The molecule has 138 valence electrons. The predicted octanol–water partition coefficient (Wildman–Crippen LogP) is -0.886. The van der Waals surface area contributed by atoms with Gasteiger partial charge in [0, 0.05) is 6.54 Å². The SMILES string of the molecule is CCn1c(O)c([N+](=O)[O-])c(C)c(N=Nc2ccc(S(=O)(=O)[O-])cc2)c1=O.[K+]. The number of nitrogens with zero attached hydrogens (tertiary/aromatic N) is 4. The van der Waals surface area contributed by atoms with E-state index in [2.05, 4.69) is 10.2 Å². The maximum Gasteiger partial charge on any atom is 1.00 e. The summed E-state index contributed by atoms with van der Waals surface area (Å²) in [6.07, 6.45) is 0. The molecule has 0 radical (unpaired) electrons. The Labute approximate surface area is 196 Å². The minimum absolute atomic E-state index is 0. The van der Waals surface area contributed by atoms with Gasteiger partial charge in [-0.2, -0.15) is 5.11 Å². The van der Waals surface area contributed by atoms with Crippen LogP contribution >= 0.6 is 0 Å². The molecule has 2 aromatic rings. The average Bonchev–Trinajstić information content (AvgIpc) is 2.54. The number of benzene rings is 1. The van der Waals surface area contributed by atoms with Crippen molar-refractivity contribution in [2.75, 3.05) is 0 Å². The zero-order valence-corrected chi connectivity index (χ0v) is 18.5. The number of hydrogen-bond donors (Lipinski definition) is 1. The van der Waals surface area contributed by atoms with Crippen molar-refractivity contribution in [3.05, 3.63) is 50.3 Å². The molecule has 0 fully saturated rings. The van der Waals surface area contributed by atoms with Crippen molar-refractivity contribution in [1.82, 2.24) is 4.57 Å². The zero-order chi connectivity index (χ0) is 19.6. The third-order valence-corrected chi connectivity index (χ3v) is 4.36. The van der Waals surface area contributed by atoms with E-state index in [0.29, 0.717) is 0 Å². The van der Waals surface area contributed by atoms with E-state index >= 15 is 0 Å². The maximum absolute atomic E-state index is 12.3. The van der Waals surface area contributed by atoms with Crippen LogP contribution in [0, 0.1) is 17.0 Å². The van der Waals surface area contributed by atoms with E-state index in [1.165, 1.54) is 26.0 Å². The molecule has 1 aromatic carbocycles. The van der Waals surface area contributed by atoms with Crippen LogP contribution in [-0.4, -0.2) is 27.6 Å². The van der Waals surface area contributed by atoms with Gasteiger partial charge in [-0.25, -0.2) is 8.42 Å². The summed E-state index contributed by atoms with van der Waals surface area (Å²) in [6.45, 7) is 2.74. The Hall–Kier alpha value is -1.48. The first kappa shape index (κ1) is 23.6. The predicted molar refractivity (Wildman–Crippen MR) is 88.0 cm³/mol. The van der Waals surface area contributed by atoms with Crippen molar-refractivity contribution in [3.63, 3.8) is 0 Å². The third kappa shape index (κ3) is 5.07. The second kappa shape index (κ2) is 9.14. The third-order valence-electron chi connectivity index (χ3n) is 3.52. The average molecular weight is 420 g/mol. The Morgan fingerprint density at radius 3 is 2.22 bits per heavy atom. The molecule has 1 N–H and O–H groups in total. The molecule has 1 heterocycles. The van der Waals surface area contributed by atoms with E-state index in [0.717, 1.165) is 16.7 Å². The summed E-state index contributed by atoms with van der Waals surface area (Å²) in [5.74, 6) is -0.774. The minimum Gasteiger partial charge on any atom is -0.744 e. The first-order chi connectivity index (χ1) is 12.1. The summed E-state index contributed by atoms with van der Waals surface area (Å²) >= 11 is 0. The van der Waals surface area contributed by atoms with Gasteiger partial charge in [-0.1, -0.05) is 0 Å². The van der Waals surface area contributed by atoms with E-state index in [4.69, 9.17) is 0 Å². The van der Waals surface area contributed by atoms with Gasteiger partial charge < -0.3 is 9.66 Å². The van der Waals surface area contributed by atoms with Crippen LogP contribution in [0.4, 0.5) is 17.1 Å². The van der Waals surface area contributed by atoms with Crippen LogP contribution in [0.25, 0.3) is 0 Å². The van der Waals surface area contributed by atoms with Crippen LogP contribution in [0.1, 0.15) is 12.5 Å². The molecule has 0 aliphatic carbocycles. The summed E-state index contributed by atoms with van der Waals surface area (Å²) in [4.78, 5) is 22.2. The molecule has 0 aliphatic rings. The van der Waals surface area contributed by atoms with Crippen LogP contribution in [0.2, 0.25) is 0 Å². The van der Waals surface area contributed by atoms with Gasteiger partial charge in [0.25, 0.3) is 11.4 Å². The summed E-state index contributed by atoms with van der Waals surface area (Å²) in [7, 11) is -4.61. The number of nitro groups is 1. The number of azo groups is 1. The van der Waals surface area contributed by atoms with E-state index in [1.54, 1.807) is 0 Å². The van der Waals surface area contributed by atoms with Gasteiger partial charge in [0.15, 0.2) is 5.69 Å². The quantitative estimate of drug-likeness (QED) is 0.215. The van der Waals surface area contributed by atoms with Crippen LogP contribution in [0.5, 0.6) is 5.88 Å². The molecular formula is C14H13KN4O7S. The van der Waals surface area contributed by atoms with E-state index in [9.17, 15) is 33.0 Å². The summed E-state index contributed by atoms with van der Waals surface area (Å²) in [5.41, 5.74) is -1.81. The van der Waals surface area contributed by atoms with Crippen molar-refractivity contribution in [2.24, 2.45) is 10.2 Å². The molecule has 0 atom stereocenters. The van der Waals surface area contributed by atoms with Crippen molar-refractivity contribution >= 4 is 27.2 Å². The first-order valence-electron chi connectivity index (χ1n) is 7.16. The number of aromatic nitrogens is 1. The molecular weight excluding hydrogens is 407 g/mol. The Bertz CT molecular complexity index is 1060. The standard InChI is InChI=1S/C14H14N4O7S.K/c1-3-17-13(19)11(8(2)12(14(17)20)18(21)22)16-15-9-4-6-10(7-5-9)26(23,24)25;/h4-7,20H,3H2,1-2H3,(H,23,24,25);/q;+1/p-1. The van der Waals surface area contributed by atoms with Gasteiger partial charge in [0.05, 0.1) is 21.1 Å². The molecule has 1 aromatic heterocycles. The molecule has 13 heteroatoms. The van der Waals surface area contributed by atoms with E-state index in [1.807, 2.05) is 0 Å². The molecule has 0 saturated heterocycles. The molecule has 27 heavy (non-hydrogen) atoms. The number of rotatable bonds is 5. The van der Waals surface area contributed by atoms with Crippen LogP contribution in [-0.2, 0) is 16.7 Å². The van der Waals surface area contributed by atoms with E-state index < -0.39 is 37.1 Å². The van der Waals surface area contributed by atoms with Crippen LogP contribution in [0.3, 0.4) is 0 Å². The second-order valence-corrected chi connectivity index (χ2v) is 6.48. The van der Waals surface area contributed by atoms with Gasteiger partial charge in [-0.15, -0.1) is 5.11 Å². The van der Waals surface area contributed by atoms with Gasteiger partial charge in [0.1, 0.15) is 10.1 Å². The summed E-state index contributed by atoms with van der Waals surface area (Å²) in [5, 5.41) is 28.5. The Balaban J connectivity index is 0.00000364. The normalized spacial score (nSPS) is 11.4. The largest absolute Gasteiger partial charge is 1.00 e. The fourth-order valence-corrected chi connectivity index (χ4v) is 2.68. The second-order valence-electron chi connectivity index (χ2n) is 5.10. The van der Waals surface area contributed by atoms with Crippen LogP contribution in [0.15, 0.2) is 44.2 Å². The molecule has 0 amide bonds. The molecule has 0 spiro atoms. The Morgan fingerprint density at radius 2 is 1.78 bits per heavy atom. The molecule has 0 unspecified atom stereocenters. The monoisotopic (exact) mass is 420 g/mol. The van der Waals surface area contributed by atoms with Crippen molar-refractivity contribution < 1.29 is 74.4 Å². The fourth-order valence-electron chi connectivity index (χ4n) is 2.21. The Morgan fingerprint density at radius 1 is 1.22 bits per heavy atom. The molecule has 0 bridgehead atoms. The number of hydrogen-bond acceptors (Lipinski definition) is 9. The zero-order valence-electron chi connectivity index (χ0n) is 14.6. The molecule has 11 nitrogen and oxygen atoms in total. The van der Waals surface area contributed by atoms with Gasteiger partial charge in [-0.3, -0.25) is 19.5 Å². The molecule has 0 aliphatic heterocycles. The topological polar surface area (TPSA) is 167 Å². The minimum atomic E-state index is -4.61. The van der Waals surface area contributed by atoms with Gasteiger partial charge in [0.2, 0.25) is 0 Å². The number of pyridine rings is 1. The van der Waals surface area contributed by atoms with E-state index in [-0.39, 0.29) is 74.9 Å². The maximum atomic E-state index is 12.3. The van der Waals surface area contributed by atoms with Crippen molar-refractivity contribution in [1.29, 1.82) is 0 Å². The van der Waals surface area contributed by atoms with Gasteiger partial charge >= 0.3 is 57.1 Å². The summed E-state index contributed by atoms with van der Waals surface area (Å²) in [6, 6.07) is 4.42. The van der Waals surface area contributed by atoms with Crippen molar-refractivity contribution in [3.8, 4) is 5.88 Å². The molecule has 2 rings (SSSR count). The summed E-state index contributed by atoms with van der Waals surface area (Å²) < 4.78 is 33.4. The fraction of sp³-hybridized carbons (Fsp3) is 0.214. The van der Waals surface area contributed by atoms with Crippen molar-refractivity contribution in [2.45, 2.75) is 25.3 Å². The Kier molecular flexibility index (Phi) is 7.97. The first-order valence-corrected chi connectivity index (χ1v) is 8.57. The number of aromatic hydroxyl groups is 1. The van der Waals surface area contributed by atoms with Crippen LogP contribution < -0.4 is 56.9 Å². The van der Waals surface area contributed by atoms with Gasteiger partial charge in [-0.05, 0) is 38.1 Å².